The van der Waals surface area contributed by atoms with Crippen LogP contribution in [0.15, 0.2) is 48.5 Å². The predicted octanol–water partition coefficient (Wildman–Crippen LogP) is 2.41. The number of rotatable bonds is 5. The Kier molecular flexibility index (Phi) is 4.84. The molecule has 1 saturated heterocycles. The number of nitrogens with zero attached hydrogens (tertiary/aromatic N) is 1. The monoisotopic (exact) mass is 475 g/mol. The molecule has 0 aromatic heterocycles. The molecule has 2 aromatic carbocycles. The van der Waals surface area contributed by atoms with E-state index in [4.69, 9.17) is 4.74 Å². The van der Waals surface area contributed by atoms with Crippen LogP contribution in [0.3, 0.4) is 0 Å². The molecule has 0 spiro atoms. The van der Waals surface area contributed by atoms with E-state index in [9.17, 15) is 24.3 Å². The number of hydrogen-bond donors (Lipinski definition) is 3. The van der Waals surface area contributed by atoms with E-state index in [1.807, 2.05) is 24.3 Å². The average Bonchev–Trinajstić information content (AvgIpc) is 3.13. The summed E-state index contributed by atoms with van der Waals surface area (Å²) in [5.41, 5.74) is 6.24. The molecule has 3 N–H and O–H groups in total. The van der Waals surface area contributed by atoms with Crippen LogP contribution in [-0.2, 0) is 19.1 Å². The first kappa shape index (κ1) is 21.6. The zero-order valence-corrected chi connectivity index (χ0v) is 18.9. The van der Waals surface area contributed by atoms with Crippen molar-refractivity contribution in [2.45, 2.75) is 43.7 Å². The lowest BCUT2D eigenvalue weighted by atomic mass is 9.98. The van der Waals surface area contributed by atoms with Crippen LogP contribution in [0.5, 0.6) is 0 Å². The Morgan fingerprint density at radius 2 is 1.71 bits per heavy atom. The third-order valence-electron chi connectivity index (χ3n) is 7.94. The largest absolute Gasteiger partial charge is 0.480 e. The van der Waals surface area contributed by atoms with E-state index in [1.54, 1.807) is 0 Å². The molecule has 4 unspecified atom stereocenters. The van der Waals surface area contributed by atoms with Crippen LogP contribution < -0.4 is 10.7 Å². The third-order valence-corrected chi connectivity index (χ3v) is 7.94. The molecule has 4 aliphatic rings. The molecular weight excluding hydrogens is 450 g/mol. The maximum absolute atomic E-state index is 13.1. The van der Waals surface area contributed by atoms with Gasteiger partial charge in [-0.1, -0.05) is 48.5 Å². The summed E-state index contributed by atoms with van der Waals surface area (Å²) in [6, 6.07) is 14.8. The number of nitrogens with one attached hydrogen (secondary N) is 2. The topological polar surface area (TPSA) is 125 Å². The van der Waals surface area contributed by atoms with Crippen LogP contribution in [0.1, 0.15) is 42.7 Å². The number of hydrogen-bond acceptors (Lipinski definition) is 5. The lowest BCUT2D eigenvalue weighted by Crippen LogP contribution is -2.50. The molecule has 3 aliphatic carbocycles. The van der Waals surface area contributed by atoms with Gasteiger partial charge in [0.05, 0.1) is 11.8 Å². The first-order chi connectivity index (χ1) is 16.9. The lowest BCUT2D eigenvalue weighted by Gasteiger charge is -2.25. The van der Waals surface area contributed by atoms with Gasteiger partial charge in [-0.15, -0.1) is 0 Å². The maximum Gasteiger partial charge on any atom is 0.407 e. The van der Waals surface area contributed by atoms with Gasteiger partial charge in [0.15, 0.2) is 6.04 Å². The summed E-state index contributed by atoms with van der Waals surface area (Å²) >= 11 is 0. The van der Waals surface area contributed by atoms with Gasteiger partial charge >= 0.3 is 12.1 Å². The van der Waals surface area contributed by atoms with Crippen molar-refractivity contribution in [3.63, 3.8) is 0 Å². The number of aliphatic carboxylic acids is 1. The summed E-state index contributed by atoms with van der Waals surface area (Å²) in [6.45, 7) is 0.209. The van der Waals surface area contributed by atoms with Crippen molar-refractivity contribution in [2.75, 3.05) is 6.61 Å². The molecule has 9 nitrogen and oxygen atoms in total. The van der Waals surface area contributed by atoms with E-state index < -0.39 is 29.4 Å². The highest BCUT2D eigenvalue weighted by atomic mass is 16.5. The number of carbonyl (C=O) groups excluding carboxylic acids is 3. The fourth-order valence-corrected chi connectivity index (χ4v) is 6.23. The van der Waals surface area contributed by atoms with Gasteiger partial charge < -0.3 is 15.2 Å². The highest BCUT2D eigenvalue weighted by Gasteiger charge is 2.67. The zero-order valence-electron chi connectivity index (χ0n) is 18.9. The summed E-state index contributed by atoms with van der Waals surface area (Å²) in [4.78, 5) is 49.0. The third kappa shape index (κ3) is 3.45. The number of carboxylic acid groups (broad SMARTS) is 1. The number of fused-ring (bicyclic) bond motifs is 4. The van der Waals surface area contributed by atoms with Crippen LogP contribution in [0.2, 0.25) is 0 Å². The summed E-state index contributed by atoms with van der Waals surface area (Å²) < 4.78 is 5.63. The Balaban J connectivity index is 1.08. The molecule has 6 rings (SSSR count). The van der Waals surface area contributed by atoms with Gasteiger partial charge in [-0.2, -0.15) is 0 Å². The second-order valence-corrected chi connectivity index (χ2v) is 9.93. The molecule has 3 fully saturated rings. The molecule has 2 saturated carbocycles. The van der Waals surface area contributed by atoms with E-state index in [2.05, 4.69) is 35.0 Å². The molecule has 0 bridgehead atoms. The summed E-state index contributed by atoms with van der Waals surface area (Å²) in [5, 5.41) is 13.2. The molecule has 1 heterocycles. The average molecular weight is 476 g/mol. The first-order valence-corrected chi connectivity index (χ1v) is 11.8. The molecule has 35 heavy (non-hydrogen) atoms. The molecule has 0 radical (unpaired) electrons. The highest BCUT2D eigenvalue weighted by Crippen LogP contribution is 2.64. The fraction of sp³-hybridized carbons (Fsp3) is 0.385. The smallest absolute Gasteiger partial charge is 0.407 e. The molecular formula is C26H25N3O6. The number of ether oxygens (including phenoxy) is 1. The minimum absolute atomic E-state index is 0.0372. The summed E-state index contributed by atoms with van der Waals surface area (Å²) in [7, 11) is 0. The van der Waals surface area contributed by atoms with Crippen LogP contribution in [0.25, 0.3) is 11.1 Å². The van der Waals surface area contributed by atoms with Gasteiger partial charge in [0.25, 0.3) is 0 Å². The van der Waals surface area contributed by atoms with Crippen LogP contribution in [0.4, 0.5) is 4.79 Å². The minimum Gasteiger partial charge on any atom is -0.480 e. The van der Waals surface area contributed by atoms with Gasteiger partial charge in [0.2, 0.25) is 11.8 Å². The van der Waals surface area contributed by atoms with E-state index >= 15 is 0 Å². The predicted molar refractivity (Wildman–Crippen MR) is 123 cm³/mol. The Morgan fingerprint density at radius 3 is 2.37 bits per heavy atom. The number of alkyl carbamates (subject to hydrolysis) is 1. The van der Waals surface area contributed by atoms with Crippen LogP contribution in [-0.4, -0.2) is 52.7 Å². The molecule has 1 aliphatic heterocycles. The SMILES string of the molecule is O=C1CC(C(=O)O)N(C(=O)C23CC(NC(=O)OCC4c5ccccc5-c5ccccc54)CC2C3)N1. The van der Waals surface area contributed by atoms with Gasteiger partial charge in [0, 0.05) is 12.0 Å². The van der Waals surface area contributed by atoms with Crippen molar-refractivity contribution in [3.8, 4) is 11.1 Å². The molecule has 180 valence electrons. The van der Waals surface area contributed by atoms with Crippen molar-refractivity contribution in [1.29, 1.82) is 0 Å². The number of carboxylic acids is 1. The van der Waals surface area contributed by atoms with Crippen LogP contribution >= 0.6 is 0 Å². The van der Waals surface area contributed by atoms with Crippen molar-refractivity contribution in [1.82, 2.24) is 15.8 Å². The summed E-state index contributed by atoms with van der Waals surface area (Å²) in [5.74, 6) is -2.05. The standard InChI is InChI=1S/C26H25N3O6/c30-22-10-21(23(31)32)29(28-22)24(33)26-11-14(26)9-15(12-26)27-25(34)35-13-20-18-7-3-1-5-16(18)17-6-2-4-8-19(17)20/h1-8,14-15,20-21H,9-13H2,(H,27,34)(H,28,30)(H,31,32). The van der Waals surface area contributed by atoms with Gasteiger partial charge in [-0.25, -0.2) is 14.6 Å². The quantitative estimate of drug-likeness (QED) is 0.610. The minimum atomic E-state index is -1.21. The lowest BCUT2D eigenvalue weighted by molar-refractivity contribution is -0.153. The zero-order chi connectivity index (χ0) is 24.3. The van der Waals surface area contributed by atoms with Gasteiger partial charge in [-0.05, 0) is 47.4 Å². The Hall–Kier alpha value is -3.88. The number of carbonyl (C=O) groups is 4. The first-order valence-electron chi connectivity index (χ1n) is 11.8. The normalized spacial score (nSPS) is 28.1. The van der Waals surface area contributed by atoms with E-state index in [1.165, 1.54) is 0 Å². The van der Waals surface area contributed by atoms with Crippen LogP contribution in [0, 0.1) is 11.3 Å². The number of hydrazine groups is 1. The Labute approximate surface area is 201 Å². The molecule has 4 atom stereocenters. The number of benzene rings is 2. The number of amides is 3. The molecule has 2 aromatic rings. The van der Waals surface area contributed by atoms with Crippen molar-refractivity contribution >= 4 is 23.9 Å². The fourth-order valence-electron chi connectivity index (χ4n) is 6.23. The van der Waals surface area contributed by atoms with Crippen molar-refractivity contribution < 1.29 is 29.0 Å². The van der Waals surface area contributed by atoms with E-state index in [-0.39, 0.29) is 36.8 Å². The second-order valence-electron chi connectivity index (χ2n) is 9.93. The Morgan fingerprint density at radius 1 is 1.06 bits per heavy atom. The highest BCUT2D eigenvalue weighted by molar-refractivity contribution is 5.97. The Bertz CT molecular complexity index is 1220. The molecule has 9 heteroatoms. The maximum atomic E-state index is 13.1. The van der Waals surface area contributed by atoms with Gasteiger partial charge in [0.1, 0.15) is 6.61 Å². The van der Waals surface area contributed by atoms with Crippen molar-refractivity contribution in [2.24, 2.45) is 11.3 Å². The second kappa shape index (κ2) is 7.83. The van der Waals surface area contributed by atoms with E-state index in [0.29, 0.717) is 19.3 Å². The van der Waals surface area contributed by atoms with Crippen molar-refractivity contribution in [3.05, 3.63) is 59.7 Å². The molecule has 3 amide bonds. The summed E-state index contributed by atoms with van der Waals surface area (Å²) in [6.07, 6.45) is 0.879. The van der Waals surface area contributed by atoms with Gasteiger partial charge in [-0.3, -0.25) is 15.0 Å². The van der Waals surface area contributed by atoms with E-state index in [0.717, 1.165) is 27.3 Å².